The molecule has 2 rings (SSSR count). The van der Waals surface area contributed by atoms with E-state index in [2.05, 4.69) is 40.6 Å². The Morgan fingerprint density at radius 2 is 2.06 bits per heavy atom. The quantitative estimate of drug-likeness (QED) is 0.801. The number of benzene rings is 1. The fourth-order valence-electron chi connectivity index (χ4n) is 2.23. The van der Waals surface area contributed by atoms with E-state index in [4.69, 9.17) is 5.11 Å². The van der Waals surface area contributed by atoms with Crippen LogP contribution in [0.5, 0.6) is 0 Å². The summed E-state index contributed by atoms with van der Waals surface area (Å²) in [6, 6.07) is 4.26. The first kappa shape index (κ1) is 14.3. The largest absolute Gasteiger partial charge is 0.481 e. The summed E-state index contributed by atoms with van der Waals surface area (Å²) in [5.74, 6) is -0.705. The molecule has 0 radical (unpaired) electrons. The van der Waals surface area contributed by atoms with E-state index in [1.54, 1.807) is 23.5 Å². The fourth-order valence-corrected chi connectivity index (χ4v) is 4.86. The third kappa shape index (κ3) is 2.73. The monoisotopic (exact) mass is 346 g/mol. The fraction of sp³-hybridized carbons (Fsp3) is 0.462. The van der Waals surface area contributed by atoms with Crippen molar-refractivity contribution in [1.82, 2.24) is 0 Å². The van der Waals surface area contributed by atoms with Crippen molar-refractivity contribution in [3.05, 3.63) is 22.2 Å². The molecule has 1 fully saturated rings. The van der Waals surface area contributed by atoms with E-state index in [9.17, 15) is 4.79 Å². The highest BCUT2D eigenvalue weighted by molar-refractivity contribution is 9.10. The molecule has 0 amide bonds. The van der Waals surface area contributed by atoms with Crippen LogP contribution in [0.25, 0.3) is 0 Å². The van der Waals surface area contributed by atoms with Crippen molar-refractivity contribution < 1.29 is 9.90 Å². The standard InChI is InChI=1S/C13H15BrO2S2/c1-17-10-6-8(5-9(14)12(10)18-2)13(3-4-13)7-11(15)16/h5-6H,3-4,7H2,1-2H3,(H,15,16). The Hall–Kier alpha value is -0.130. The summed E-state index contributed by atoms with van der Waals surface area (Å²) in [6.07, 6.45) is 6.33. The lowest BCUT2D eigenvalue weighted by atomic mass is 9.92. The second kappa shape index (κ2) is 5.47. The van der Waals surface area contributed by atoms with Gasteiger partial charge in [-0.15, -0.1) is 23.5 Å². The molecular formula is C13H15BrO2S2. The number of carboxylic acids is 1. The smallest absolute Gasteiger partial charge is 0.304 e. The lowest BCUT2D eigenvalue weighted by Crippen LogP contribution is -2.13. The molecule has 18 heavy (non-hydrogen) atoms. The zero-order valence-corrected chi connectivity index (χ0v) is 13.5. The average molecular weight is 347 g/mol. The van der Waals surface area contributed by atoms with Crippen molar-refractivity contribution in [3.8, 4) is 0 Å². The molecule has 1 aliphatic carbocycles. The van der Waals surface area contributed by atoms with Crippen LogP contribution in [0.15, 0.2) is 26.4 Å². The van der Waals surface area contributed by atoms with Gasteiger partial charge in [-0.2, -0.15) is 0 Å². The SMILES string of the molecule is CSc1cc(C2(CC(=O)O)CC2)cc(Br)c1SC. The van der Waals surface area contributed by atoms with Crippen LogP contribution in [0.3, 0.4) is 0 Å². The molecule has 98 valence electrons. The van der Waals surface area contributed by atoms with Crippen molar-refractivity contribution in [1.29, 1.82) is 0 Å². The van der Waals surface area contributed by atoms with Crippen molar-refractivity contribution in [2.45, 2.75) is 34.5 Å². The Morgan fingerprint density at radius 1 is 1.39 bits per heavy atom. The van der Waals surface area contributed by atoms with E-state index in [1.165, 1.54) is 15.4 Å². The van der Waals surface area contributed by atoms with Gasteiger partial charge in [0.2, 0.25) is 0 Å². The van der Waals surface area contributed by atoms with Crippen LogP contribution in [0.2, 0.25) is 0 Å². The van der Waals surface area contributed by atoms with Gasteiger partial charge in [0.15, 0.2) is 0 Å². The molecule has 0 aliphatic heterocycles. The topological polar surface area (TPSA) is 37.3 Å². The Kier molecular flexibility index (Phi) is 4.34. The Labute approximate surface area is 124 Å². The zero-order valence-electron chi connectivity index (χ0n) is 10.3. The summed E-state index contributed by atoms with van der Waals surface area (Å²) in [7, 11) is 0. The third-order valence-corrected chi connectivity index (χ3v) is 6.02. The number of aliphatic carboxylic acids is 1. The lowest BCUT2D eigenvalue weighted by Gasteiger charge is -2.17. The third-order valence-electron chi connectivity index (χ3n) is 3.39. The second-order valence-corrected chi connectivity index (χ2v) is 7.06. The summed E-state index contributed by atoms with van der Waals surface area (Å²) >= 11 is 7.03. The van der Waals surface area contributed by atoms with Gasteiger partial charge in [0, 0.05) is 19.7 Å². The first-order valence-electron chi connectivity index (χ1n) is 5.66. The van der Waals surface area contributed by atoms with E-state index in [0.29, 0.717) is 0 Å². The highest BCUT2D eigenvalue weighted by atomic mass is 79.9. The Morgan fingerprint density at radius 3 is 2.50 bits per heavy atom. The lowest BCUT2D eigenvalue weighted by molar-refractivity contribution is -0.137. The Bertz CT molecular complexity index is 484. The van der Waals surface area contributed by atoms with E-state index in [-0.39, 0.29) is 11.8 Å². The molecule has 0 saturated heterocycles. The molecule has 5 heteroatoms. The molecule has 1 aromatic rings. The molecule has 1 saturated carbocycles. The maximum Gasteiger partial charge on any atom is 0.304 e. The molecule has 0 unspecified atom stereocenters. The molecule has 0 spiro atoms. The van der Waals surface area contributed by atoms with Crippen molar-refractivity contribution in [2.75, 3.05) is 12.5 Å². The van der Waals surface area contributed by atoms with E-state index in [0.717, 1.165) is 17.3 Å². The van der Waals surface area contributed by atoms with Gasteiger partial charge in [-0.3, -0.25) is 4.79 Å². The zero-order chi connectivity index (χ0) is 13.3. The number of rotatable bonds is 5. The molecule has 2 nitrogen and oxygen atoms in total. The van der Waals surface area contributed by atoms with Crippen LogP contribution in [0, 0.1) is 0 Å². The molecular weight excluding hydrogens is 332 g/mol. The number of hydrogen-bond acceptors (Lipinski definition) is 3. The van der Waals surface area contributed by atoms with Gasteiger partial charge in [0.25, 0.3) is 0 Å². The van der Waals surface area contributed by atoms with Gasteiger partial charge in [-0.25, -0.2) is 0 Å². The number of halogens is 1. The molecule has 1 aliphatic rings. The normalized spacial score (nSPS) is 16.6. The van der Waals surface area contributed by atoms with Crippen LogP contribution in [-0.4, -0.2) is 23.6 Å². The van der Waals surface area contributed by atoms with Gasteiger partial charge >= 0.3 is 5.97 Å². The number of hydrogen-bond donors (Lipinski definition) is 1. The van der Waals surface area contributed by atoms with Crippen LogP contribution in [0.4, 0.5) is 0 Å². The molecule has 1 N–H and O–H groups in total. The minimum absolute atomic E-state index is 0.115. The van der Waals surface area contributed by atoms with Gasteiger partial charge in [-0.1, -0.05) is 0 Å². The van der Waals surface area contributed by atoms with Gasteiger partial charge in [0.1, 0.15) is 0 Å². The van der Waals surface area contributed by atoms with Crippen molar-refractivity contribution in [2.24, 2.45) is 0 Å². The van der Waals surface area contributed by atoms with Crippen LogP contribution < -0.4 is 0 Å². The molecule has 0 heterocycles. The average Bonchev–Trinajstić information content (AvgIpc) is 3.07. The van der Waals surface area contributed by atoms with Crippen LogP contribution in [-0.2, 0) is 10.2 Å². The van der Waals surface area contributed by atoms with Crippen molar-refractivity contribution >= 4 is 45.4 Å². The second-order valence-electron chi connectivity index (χ2n) is 4.54. The summed E-state index contributed by atoms with van der Waals surface area (Å²) < 4.78 is 1.08. The van der Waals surface area contributed by atoms with E-state index in [1.807, 2.05) is 0 Å². The Balaban J connectivity index is 2.41. The summed E-state index contributed by atoms with van der Waals surface area (Å²) in [4.78, 5) is 13.4. The summed E-state index contributed by atoms with van der Waals surface area (Å²) in [5.41, 5.74) is 1.05. The minimum Gasteiger partial charge on any atom is -0.481 e. The van der Waals surface area contributed by atoms with Gasteiger partial charge in [-0.05, 0) is 59.0 Å². The number of carbonyl (C=O) groups is 1. The predicted octanol–water partition coefficient (Wildman–Crippen LogP) is 4.40. The maximum atomic E-state index is 11.0. The van der Waals surface area contributed by atoms with Crippen LogP contribution >= 0.6 is 39.5 Å². The summed E-state index contributed by atoms with van der Waals surface area (Å²) in [5, 5.41) is 9.03. The van der Waals surface area contributed by atoms with E-state index < -0.39 is 5.97 Å². The molecule has 0 aromatic heterocycles. The van der Waals surface area contributed by atoms with Gasteiger partial charge in [0.05, 0.1) is 6.42 Å². The highest BCUT2D eigenvalue weighted by Crippen LogP contribution is 2.53. The van der Waals surface area contributed by atoms with E-state index >= 15 is 0 Å². The minimum atomic E-state index is -0.705. The first-order valence-corrected chi connectivity index (χ1v) is 8.90. The predicted molar refractivity (Wildman–Crippen MR) is 80.9 cm³/mol. The molecule has 0 atom stereocenters. The highest BCUT2D eigenvalue weighted by Gasteiger charge is 2.46. The van der Waals surface area contributed by atoms with Crippen LogP contribution in [0.1, 0.15) is 24.8 Å². The van der Waals surface area contributed by atoms with Gasteiger partial charge < -0.3 is 5.11 Å². The number of thioether (sulfide) groups is 2. The molecule has 0 bridgehead atoms. The maximum absolute atomic E-state index is 11.0. The summed E-state index contributed by atoms with van der Waals surface area (Å²) in [6.45, 7) is 0. The van der Waals surface area contributed by atoms with Crippen molar-refractivity contribution in [3.63, 3.8) is 0 Å². The first-order chi connectivity index (χ1) is 8.52. The molecule has 1 aromatic carbocycles. The number of carboxylic acid groups (broad SMARTS) is 1.